The third-order valence-corrected chi connectivity index (χ3v) is 3.33. The average Bonchev–Trinajstić information content (AvgIpc) is 2.59. The standard InChI is InChI=1S/C10H8Cl3N3S/c1-2-8-14-15-10(17)16(8)9-6(12)3-5(11)4-7(9)13/h3-4H,2H2,1H3,(H,15,17). The van der Waals surface area contributed by atoms with E-state index in [1.165, 1.54) is 0 Å². The van der Waals surface area contributed by atoms with Gasteiger partial charge in [0.2, 0.25) is 0 Å². The Labute approximate surface area is 118 Å². The lowest BCUT2D eigenvalue weighted by Crippen LogP contribution is -2.02. The second-order valence-electron chi connectivity index (χ2n) is 3.35. The molecule has 1 heterocycles. The molecule has 7 heteroatoms. The summed E-state index contributed by atoms with van der Waals surface area (Å²) in [5.41, 5.74) is 0.605. The number of hydrogen-bond donors (Lipinski definition) is 1. The molecule has 2 rings (SSSR count). The molecular weight excluding hydrogens is 301 g/mol. The van der Waals surface area contributed by atoms with Crippen LogP contribution in [-0.2, 0) is 6.42 Å². The molecule has 0 radical (unpaired) electrons. The van der Waals surface area contributed by atoms with Crippen molar-refractivity contribution < 1.29 is 0 Å². The summed E-state index contributed by atoms with van der Waals surface area (Å²) in [5, 5.41) is 8.19. The zero-order valence-corrected chi connectivity index (χ0v) is 11.9. The number of H-pyrrole nitrogens is 1. The summed E-state index contributed by atoms with van der Waals surface area (Å²) in [6.45, 7) is 1.97. The SMILES string of the molecule is CCc1n[nH]c(=S)n1-c1c(Cl)cc(Cl)cc1Cl. The van der Waals surface area contributed by atoms with Crippen LogP contribution in [0, 0.1) is 4.77 Å². The number of nitrogens with one attached hydrogen (secondary N) is 1. The Kier molecular flexibility index (Phi) is 3.78. The summed E-state index contributed by atoms with van der Waals surface area (Å²) in [5.74, 6) is 0.765. The van der Waals surface area contributed by atoms with Crippen molar-refractivity contribution in [3.63, 3.8) is 0 Å². The van der Waals surface area contributed by atoms with Crippen LogP contribution >= 0.6 is 47.0 Å². The van der Waals surface area contributed by atoms with Crippen LogP contribution in [0.5, 0.6) is 0 Å². The third-order valence-electron chi connectivity index (χ3n) is 2.26. The predicted octanol–water partition coefficient (Wildman–Crippen LogP) is 4.45. The van der Waals surface area contributed by atoms with E-state index in [4.69, 9.17) is 47.0 Å². The zero-order valence-electron chi connectivity index (χ0n) is 8.80. The summed E-state index contributed by atoms with van der Waals surface area (Å²) < 4.78 is 2.17. The first kappa shape index (κ1) is 12.9. The third kappa shape index (κ3) is 2.36. The van der Waals surface area contributed by atoms with Crippen molar-refractivity contribution in [1.82, 2.24) is 14.8 Å². The van der Waals surface area contributed by atoms with E-state index in [9.17, 15) is 0 Å². The maximum absolute atomic E-state index is 6.15. The van der Waals surface area contributed by atoms with Crippen molar-refractivity contribution in [2.24, 2.45) is 0 Å². The predicted molar refractivity (Wildman–Crippen MR) is 73.2 cm³/mol. The largest absolute Gasteiger partial charge is 0.269 e. The van der Waals surface area contributed by atoms with E-state index in [1.54, 1.807) is 16.7 Å². The van der Waals surface area contributed by atoms with Gasteiger partial charge < -0.3 is 0 Å². The fraction of sp³-hybridized carbons (Fsp3) is 0.200. The molecule has 0 saturated heterocycles. The van der Waals surface area contributed by atoms with Gasteiger partial charge in [-0.1, -0.05) is 41.7 Å². The van der Waals surface area contributed by atoms with Crippen LogP contribution in [0.1, 0.15) is 12.7 Å². The molecule has 0 amide bonds. The lowest BCUT2D eigenvalue weighted by Gasteiger charge is -2.10. The highest BCUT2D eigenvalue weighted by Crippen LogP contribution is 2.32. The molecule has 2 aromatic rings. The summed E-state index contributed by atoms with van der Waals surface area (Å²) >= 11 is 23.3. The minimum atomic E-state index is 0.440. The highest BCUT2D eigenvalue weighted by molar-refractivity contribution is 7.71. The molecule has 0 atom stereocenters. The summed E-state index contributed by atoms with van der Waals surface area (Å²) in [4.78, 5) is 0. The second-order valence-corrected chi connectivity index (χ2v) is 4.99. The lowest BCUT2D eigenvalue weighted by atomic mass is 10.3. The van der Waals surface area contributed by atoms with Gasteiger partial charge in [-0.2, -0.15) is 5.10 Å². The Morgan fingerprint density at radius 2 is 1.88 bits per heavy atom. The molecule has 0 bridgehead atoms. The average molecular weight is 309 g/mol. The monoisotopic (exact) mass is 307 g/mol. The van der Waals surface area contributed by atoms with Gasteiger partial charge in [0.05, 0.1) is 15.7 Å². The molecule has 0 unspecified atom stereocenters. The van der Waals surface area contributed by atoms with Crippen molar-refractivity contribution in [3.8, 4) is 5.69 Å². The van der Waals surface area contributed by atoms with Gasteiger partial charge in [-0.3, -0.25) is 9.67 Å². The van der Waals surface area contributed by atoms with Gasteiger partial charge in [0.25, 0.3) is 0 Å². The number of rotatable bonds is 2. The first-order valence-corrected chi connectivity index (χ1v) is 6.40. The highest BCUT2D eigenvalue weighted by Gasteiger charge is 2.14. The first-order chi connectivity index (χ1) is 8.04. The molecule has 1 aromatic heterocycles. The van der Waals surface area contributed by atoms with Gasteiger partial charge in [0, 0.05) is 11.4 Å². The zero-order chi connectivity index (χ0) is 12.6. The number of nitrogens with zero attached hydrogens (tertiary/aromatic N) is 2. The van der Waals surface area contributed by atoms with Gasteiger partial charge in [-0.05, 0) is 24.4 Å². The van der Waals surface area contributed by atoms with Crippen LogP contribution in [-0.4, -0.2) is 14.8 Å². The molecule has 0 aliphatic carbocycles. The molecule has 0 aliphatic rings. The fourth-order valence-electron chi connectivity index (χ4n) is 1.55. The van der Waals surface area contributed by atoms with Gasteiger partial charge >= 0.3 is 0 Å². The van der Waals surface area contributed by atoms with Crippen molar-refractivity contribution >= 4 is 47.0 Å². The van der Waals surface area contributed by atoms with E-state index in [1.807, 2.05) is 6.92 Å². The van der Waals surface area contributed by atoms with Gasteiger partial charge in [0.15, 0.2) is 4.77 Å². The Balaban J connectivity index is 2.77. The molecule has 90 valence electrons. The normalized spacial score (nSPS) is 10.8. The van der Waals surface area contributed by atoms with Crippen molar-refractivity contribution in [2.75, 3.05) is 0 Å². The first-order valence-electron chi connectivity index (χ1n) is 4.85. The highest BCUT2D eigenvalue weighted by atomic mass is 35.5. The quantitative estimate of drug-likeness (QED) is 0.831. The van der Waals surface area contributed by atoms with Crippen LogP contribution in [0.15, 0.2) is 12.1 Å². The Morgan fingerprint density at radius 3 is 2.41 bits per heavy atom. The summed E-state index contributed by atoms with van der Waals surface area (Å²) in [7, 11) is 0. The fourth-order valence-corrected chi connectivity index (χ4v) is 2.77. The topological polar surface area (TPSA) is 33.6 Å². The molecular formula is C10H8Cl3N3S. The van der Waals surface area contributed by atoms with Crippen LogP contribution in [0.4, 0.5) is 0 Å². The second kappa shape index (κ2) is 4.98. The summed E-state index contributed by atoms with van der Waals surface area (Å²) in [6.07, 6.45) is 0.711. The van der Waals surface area contributed by atoms with Crippen molar-refractivity contribution in [2.45, 2.75) is 13.3 Å². The van der Waals surface area contributed by atoms with Crippen molar-refractivity contribution in [1.29, 1.82) is 0 Å². The molecule has 0 saturated carbocycles. The Hall–Kier alpha value is -0.550. The molecule has 17 heavy (non-hydrogen) atoms. The number of aromatic amines is 1. The molecule has 3 nitrogen and oxygen atoms in total. The molecule has 1 aromatic carbocycles. The van der Waals surface area contributed by atoms with Gasteiger partial charge in [-0.15, -0.1) is 0 Å². The minimum absolute atomic E-state index is 0.440. The van der Waals surface area contributed by atoms with E-state index in [-0.39, 0.29) is 0 Å². The van der Waals surface area contributed by atoms with E-state index >= 15 is 0 Å². The van der Waals surface area contributed by atoms with Crippen LogP contribution in [0.25, 0.3) is 5.69 Å². The smallest absolute Gasteiger partial charge is 0.199 e. The van der Waals surface area contributed by atoms with Crippen molar-refractivity contribution in [3.05, 3.63) is 37.8 Å². The number of aryl methyl sites for hydroxylation is 1. The summed E-state index contributed by atoms with van der Waals surface area (Å²) in [6, 6.07) is 3.25. The van der Waals surface area contributed by atoms with Gasteiger partial charge in [-0.25, -0.2) is 0 Å². The molecule has 1 N–H and O–H groups in total. The van der Waals surface area contributed by atoms with E-state index < -0.39 is 0 Å². The van der Waals surface area contributed by atoms with Crippen LogP contribution in [0.3, 0.4) is 0 Å². The van der Waals surface area contributed by atoms with Crippen LogP contribution in [0.2, 0.25) is 15.1 Å². The van der Waals surface area contributed by atoms with Gasteiger partial charge in [0.1, 0.15) is 5.82 Å². The maximum atomic E-state index is 6.15. The minimum Gasteiger partial charge on any atom is -0.269 e. The van der Waals surface area contributed by atoms with E-state index in [2.05, 4.69) is 10.2 Å². The van der Waals surface area contributed by atoms with E-state index in [0.717, 1.165) is 5.82 Å². The van der Waals surface area contributed by atoms with Crippen LogP contribution < -0.4 is 0 Å². The lowest BCUT2D eigenvalue weighted by molar-refractivity contribution is 0.880. The Bertz CT molecular complexity index is 594. The maximum Gasteiger partial charge on any atom is 0.199 e. The van der Waals surface area contributed by atoms with E-state index in [0.29, 0.717) is 31.9 Å². The molecule has 0 aliphatic heterocycles. The number of benzene rings is 1. The molecule has 0 spiro atoms. The number of halogens is 3. The molecule has 0 fully saturated rings. The number of aromatic nitrogens is 3. The number of hydrogen-bond acceptors (Lipinski definition) is 2. The Morgan fingerprint density at radius 1 is 1.29 bits per heavy atom.